The number of aromatic hydroxyl groups is 1. The van der Waals surface area contributed by atoms with Crippen LogP contribution in [0.25, 0.3) is 0 Å². The van der Waals surface area contributed by atoms with Gasteiger partial charge < -0.3 is 5.11 Å². The Morgan fingerprint density at radius 3 is 2.38 bits per heavy atom. The summed E-state index contributed by atoms with van der Waals surface area (Å²) in [5.41, 5.74) is 6.50. The molecular formula is C26H30NOP. The Kier molecular flexibility index (Phi) is 6.55. The minimum Gasteiger partial charge on any atom is -0.507 e. The molecule has 0 radical (unpaired) electrons. The molecule has 0 aliphatic heterocycles. The summed E-state index contributed by atoms with van der Waals surface area (Å²) in [6, 6.07) is 20.8. The Bertz CT molecular complexity index is 1030. The minimum atomic E-state index is -0.133. The first-order chi connectivity index (χ1) is 13.8. The van der Waals surface area contributed by atoms with Crippen molar-refractivity contribution in [1.29, 1.82) is 0 Å². The third-order valence-corrected chi connectivity index (χ3v) is 7.37. The molecule has 0 bridgehead atoms. The SMILES string of the molecule is CCC(C)(Pc1ccc(C)cc1C=Nc1ccccc1)c1cc(C)cc(C)c1O. The minimum absolute atomic E-state index is 0.133. The first-order valence-corrected chi connectivity index (χ1v) is 11.1. The van der Waals surface area contributed by atoms with E-state index in [0.29, 0.717) is 14.3 Å². The molecule has 0 aliphatic rings. The standard InChI is InChI=1S/C26H30NOP/c1-6-26(5,23-16-19(3)14-20(4)25(23)28)29-24-13-12-18(2)15-21(24)17-27-22-10-8-7-9-11-22/h7-17,28-29H,6H2,1-5H3. The van der Waals surface area contributed by atoms with Crippen LogP contribution in [0, 0.1) is 20.8 Å². The van der Waals surface area contributed by atoms with Crippen molar-refractivity contribution in [3.8, 4) is 5.75 Å². The average molecular weight is 404 g/mol. The fraction of sp³-hybridized carbons (Fsp3) is 0.269. The molecule has 0 aliphatic carbocycles. The fourth-order valence-electron chi connectivity index (χ4n) is 3.58. The van der Waals surface area contributed by atoms with Crippen molar-refractivity contribution in [3.63, 3.8) is 0 Å². The van der Waals surface area contributed by atoms with Crippen molar-refractivity contribution in [2.45, 2.75) is 46.2 Å². The van der Waals surface area contributed by atoms with Crippen molar-refractivity contribution in [1.82, 2.24) is 0 Å². The van der Waals surface area contributed by atoms with Crippen LogP contribution in [-0.4, -0.2) is 11.3 Å². The Hall–Kier alpha value is -2.44. The van der Waals surface area contributed by atoms with E-state index in [9.17, 15) is 5.11 Å². The summed E-state index contributed by atoms with van der Waals surface area (Å²) in [4.78, 5) is 4.68. The Morgan fingerprint density at radius 1 is 0.966 bits per heavy atom. The van der Waals surface area contributed by atoms with Crippen LogP contribution in [0.1, 0.15) is 48.1 Å². The molecule has 2 nitrogen and oxygen atoms in total. The van der Waals surface area contributed by atoms with Crippen LogP contribution in [0.2, 0.25) is 0 Å². The molecule has 0 aromatic heterocycles. The largest absolute Gasteiger partial charge is 0.507 e. The van der Waals surface area contributed by atoms with Crippen LogP contribution < -0.4 is 5.30 Å². The van der Waals surface area contributed by atoms with E-state index in [1.165, 1.54) is 16.4 Å². The summed E-state index contributed by atoms with van der Waals surface area (Å²) < 4.78 is 0. The van der Waals surface area contributed by atoms with E-state index in [4.69, 9.17) is 0 Å². The van der Waals surface area contributed by atoms with E-state index in [1.807, 2.05) is 49.5 Å². The second-order valence-electron chi connectivity index (χ2n) is 7.97. The molecule has 0 saturated heterocycles. The van der Waals surface area contributed by atoms with Crippen molar-refractivity contribution < 1.29 is 5.11 Å². The van der Waals surface area contributed by atoms with Crippen LogP contribution in [0.5, 0.6) is 5.75 Å². The van der Waals surface area contributed by atoms with Gasteiger partial charge in [-0.2, -0.15) is 0 Å². The fourth-order valence-corrected chi connectivity index (χ4v) is 5.13. The topological polar surface area (TPSA) is 32.6 Å². The summed E-state index contributed by atoms with van der Waals surface area (Å²) >= 11 is 0. The molecule has 3 rings (SSSR count). The molecule has 2 unspecified atom stereocenters. The summed E-state index contributed by atoms with van der Waals surface area (Å²) in [7, 11) is 0.527. The molecule has 0 heterocycles. The number of phenolic OH excluding ortho intramolecular Hbond substituents is 1. The molecule has 150 valence electrons. The lowest BCUT2D eigenvalue weighted by Gasteiger charge is -2.31. The number of benzene rings is 3. The van der Waals surface area contributed by atoms with E-state index in [-0.39, 0.29) is 5.16 Å². The predicted molar refractivity (Wildman–Crippen MR) is 128 cm³/mol. The quantitative estimate of drug-likeness (QED) is 0.361. The number of phenols is 1. The predicted octanol–water partition coefficient (Wildman–Crippen LogP) is 6.70. The zero-order valence-corrected chi connectivity index (χ0v) is 19.0. The molecule has 0 fully saturated rings. The first kappa shape index (κ1) is 21.3. The lowest BCUT2D eigenvalue weighted by molar-refractivity contribution is 0.452. The van der Waals surface area contributed by atoms with Gasteiger partial charge in [0, 0.05) is 22.5 Å². The van der Waals surface area contributed by atoms with Crippen LogP contribution in [-0.2, 0) is 5.16 Å². The molecule has 3 aromatic rings. The highest BCUT2D eigenvalue weighted by atomic mass is 31.1. The maximum atomic E-state index is 10.8. The van der Waals surface area contributed by atoms with Gasteiger partial charge in [0.25, 0.3) is 0 Å². The Balaban J connectivity index is 2.01. The number of aryl methyl sites for hydroxylation is 3. The Labute approximate surface area is 176 Å². The van der Waals surface area contributed by atoms with Crippen LogP contribution in [0.15, 0.2) is 65.7 Å². The van der Waals surface area contributed by atoms with Gasteiger partial charge >= 0.3 is 0 Å². The summed E-state index contributed by atoms with van der Waals surface area (Å²) in [6.45, 7) is 10.7. The average Bonchev–Trinajstić information content (AvgIpc) is 2.71. The maximum absolute atomic E-state index is 10.8. The number of aliphatic imine (C=N–C) groups is 1. The number of rotatable bonds is 6. The molecule has 3 aromatic carbocycles. The second-order valence-corrected chi connectivity index (χ2v) is 9.87. The van der Waals surface area contributed by atoms with Crippen molar-refractivity contribution in [2.24, 2.45) is 4.99 Å². The lowest BCUT2D eigenvalue weighted by atomic mass is 9.93. The molecular weight excluding hydrogens is 373 g/mol. The van der Waals surface area contributed by atoms with E-state index in [1.54, 1.807) is 0 Å². The summed E-state index contributed by atoms with van der Waals surface area (Å²) in [6.07, 6.45) is 2.92. The first-order valence-electron chi connectivity index (χ1n) is 10.1. The zero-order valence-electron chi connectivity index (χ0n) is 18.0. The highest BCUT2D eigenvalue weighted by Crippen LogP contribution is 2.48. The van der Waals surface area contributed by atoms with E-state index in [2.05, 4.69) is 57.0 Å². The number of hydrogen-bond acceptors (Lipinski definition) is 2. The van der Waals surface area contributed by atoms with Gasteiger partial charge in [0.1, 0.15) is 5.75 Å². The monoisotopic (exact) mass is 403 g/mol. The molecule has 3 heteroatoms. The number of para-hydroxylation sites is 1. The van der Waals surface area contributed by atoms with Crippen LogP contribution in [0.3, 0.4) is 0 Å². The van der Waals surface area contributed by atoms with Gasteiger partial charge in [-0.05, 0) is 56.3 Å². The normalized spacial score (nSPS) is 14.0. The van der Waals surface area contributed by atoms with Crippen LogP contribution in [0.4, 0.5) is 5.69 Å². The van der Waals surface area contributed by atoms with Gasteiger partial charge in [-0.25, -0.2) is 0 Å². The molecule has 2 atom stereocenters. The van der Waals surface area contributed by atoms with Gasteiger partial charge in [-0.15, -0.1) is 0 Å². The van der Waals surface area contributed by atoms with Crippen molar-refractivity contribution in [3.05, 3.63) is 88.5 Å². The van der Waals surface area contributed by atoms with E-state index >= 15 is 0 Å². The van der Waals surface area contributed by atoms with Crippen molar-refractivity contribution >= 4 is 25.8 Å². The van der Waals surface area contributed by atoms with Gasteiger partial charge in [0.2, 0.25) is 0 Å². The molecule has 0 spiro atoms. The van der Waals surface area contributed by atoms with E-state index in [0.717, 1.165) is 28.8 Å². The summed E-state index contributed by atoms with van der Waals surface area (Å²) in [5.74, 6) is 0.430. The van der Waals surface area contributed by atoms with Crippen molar-refractivity contribution in [2.75, 3.05) is 0 Å². The third-order valence-electron chi connectivity index (χ3n) is 5.47. The van der Waals surface area contributed by atoms with Crippen LogP contribution >= 0.6 is 8.58 Å². The zero-order chi connectivity index (χ0) is 21.0. The Morgan fingerprint density at radius 2 is 1.69 bits per heavy atom. The lowest BCUT2D eigenvalue weighted by Crippen LogP contribution is -2.20. The highest BCUT2D eigenvalue weighted by molar-refractivity contribution is 7.48. The maximum Gasteiger partial charge on any atom is 0.122 e. The summed E-state index contributed by atoms with van der Waals surface area (Å²) in [5, 5.41) is 12.0. The van der Waals surface area contributed by atoms with Gasteiger partial charge in [-0.3, -0.25) is 4.99 Å². The molecule has 29 heavy (non-hydrogen) atoms. The number of nitrogens with zero attached hydrogens (tertiary/aromatic N) is 1. The molecule has 1 N–H and O–H groups in total. The molecule has 0 amide bonds. The third kappa shape index (κ3) is 4.95. The molecule has 0 saturated carbocycles. The highest BCUT2D eigenvalue weighted by Gasteiger charge is 2.29. The van der Waals surface area contributed by atoms with E-state index < -0.39 is 0 Å². The second kappa shape index (κ2) is 8.93. The van der Waals surface area contributed by atoms with Gasteiger partial charge in [0.15, 0.2) is 0 Å². The van der Waals surface area contributed by atoms with Gasteiger partial charge in [0.05, 0.1) is 5.69 Å². The number of hydrogen-bond donors (Lipinski definition) is 1. The smallest absolute Gasteiger partial charge is 0.122 e. The van der Waals surface area contributed by atoms with Gasteiger partial charge in [-0.1, -0.05) is 76.0 Å².